The molecule has 2 N–H and O–H groups in total. The number of piperidine rings is 1. The van der Waals surface area contributed by atoms with E-state index < -0.39 is 0 Å². The maximum absolute atomic E-state index is 12.9. The minimum absolute atomic E-state index is 0. The van der Waals surface area contributed by atoms with Crippen molar-refractivity contribution in [2.45, 2.75) is 26.2 Å². The Labute approximate surface area is 171 Å². The lowest BCUT2D eigenvalue weighted by molar-refractivity contribution is 0.0712. The number of amides is 1. The maximum Gasteiger partial charge on any atom is 0.254 e. The predicted octanol–water partition coefficient (Wildman–Crippen LogP) is 4.55. The molecule has 6 heteroatoms. The molecule has 0 unspecified atom stereocenters. The molecule has 2 heterocycles. The van der Waals surface area contributed by atoms with Crippen LogP contribution < -0.4 is 9.47 Å². The van der Waals surface area contributed by atoms with E-state index in [1.807, 2.05) is 11.0 Å². The molecule has 6 nitrogen and oxygen atoms in total. The molecular weight excluding hydrogens is 368 g/mol. The van der Waals surface area contributed by atoms with E-state index in [1.165, 1.54) is 31.2 Å². The molecular formula is C23H28N2O4. The number of aromatic amines is 1. The highest BCUT2D eigenvalue weighted by Crippen LogP contribution is 2.38. The van der Waals surface area contributed by atoms with Crippen LogP contribution in [0.15, 0.2) is 42.6 Å². The van der Waals surface area contributed by atoms with Crippen LogP contribution in [0.25, 0.3) is 10.9 Å². The first-order valence-electron chi connectivity index (χ1n) is 9.42. The van der Waals surface area contributed by atoms with Crippen LogP contribution in [0.1, 0.15) is 42.1 Å². The second kappa shape index (κ2) is 8.47. The number of aromatic nitrogens is 1. The lowest BCUT2D eigenvalue weighted by Crippen LogP contribution is -2.37. The number of H-pyrrole nitrogens is 1. The fourth-order valence-electron chi connectivity index (χ4n) is 4.08. The summed E-state index contributed by atoms with van der Waals surface area (Å²) in [6.45, 7) is 1.36. The summed E-state index contributed by atoms with van der Waals surface area (Å²) in [5.74, 6) is 0.808. The van der Waals surface area contributed by atoms with Gasteiger partial charge in [0.2, 0.25) is 5.75 Å². The van der Waals surface area contributed by atoms with Crippen molar-refractivity contribution in [1.82, 2.24) is 9.88 Å². The fourth-order valence-corrected chi connectivity index (χ4v) is 4.08. The number of hydrogen-bond donors (Lipinski definition) is 2. The Bertz CT molecular complexity index is 1000. The van der Waals surface area contributed by atoms with E-state index in [2.05, 4.69) is 29.4 Å². The SMILES string of the molecule is C.COc1cc(C(=O)N2CCC(c3c[nH]c4ccccc34)CC2)cc(O)c1OC. The highest BCUT2D eigenvalue weighted by molar-refractivity contribution is 5.95. The summed E-state index contributed by atoms with van der Waals surface area (Å²) in [4.78, 5) is 18.1. The zero-order valence-electron chi connectivity index (χ0n) is 16.1. The second-order valence-corrected chi connectivity index (χ2v) is 7.09. The number of methoxy groups -OCH3 is 2. The number of nitrogens with zero attached hydrogens (tertiary/aromatic N) is 1. The van der Waals surface area contributed by atoms with Crippen molar-refractivity contribution in [3.63, 3.8) is 0 Å². The van der Waals surface area contributed by atoms with Crippen molar-refractivity contribution in [2.24, 2.45) is 0 Å². The number of aromatic hydroxyl groups is 1. The summed E-state index contributed by atoms with van der Waals surface area (Å²) in [6, 6.07) is 11.4. The van der Waals surface area contributed by atoms with Crippen LogP contribution in [0.4, 0.5) is 0 Å². The Kier molecular flexibility index (Phi) is 6.01. The first-order chi connectivity index (χ1) is 13.6. The van der Waals surface area contributed by atoms with Gasteiger partial charge in [0.05, 0.1) is 14.2 Å². The number of benzene rings is 2. The van der Waals surface area contributed by atoms with E-state index in [0.717, 1.165) is 18.4 Å². The van der Waals surface area contributed by atoms with Gasteiger partial charge in [-0.15, -0.1) is 0 Å². The highest BCUT2D eigenvalue weighted by Gasteiger charge is 2.27. The molecule has 1 amide bonds. The van der Waals surface area contributed by atoms with Crippen molar-refractivity contribution in [3.05, 3.63) is 53.7 Å². The average molecular weight is 396 g/mol. The summed E-state index contributed by atoms with van der Waals surface area (Å²) < 4.78 is 10.4. The predicted molar refractivity (Wildman–Crippen MR) is 114 cm³/mol. The summed E-state index contributed by atoms with van der Waals surface area (Å²) in [7, 11) is 2.94. The standard InChI is InChI=1S/C22H24N2O4.CH4/c1-27-20-12-15(11-19(25)21(20)28-2)22(26)24-9-7-14(8-10-24)17-13-23-18-6-4-3-5-16(17)18;/h3-6,11-14,23,25H,7-10H2,1-2H3;1H4. The Morgan fingerprint density at radius 2 is 1.86 bits per heavy atom. The van der Waals surface area contributed by atoms with Crippen LogP contribution in [-0.4, -0.2) is 48.2 Å². The molecule has 1 aromatic heterocycles. The molecule has 2 aromatic carbocycles. The summed E-state index contributed by atoms with van der Waals surface area (Å²) in [5, 5.41) is 11.4. The van der Waals surface area contributed by atoms with Crippen LogP contribution >= 0.6 is 0 Å². The van der Waals surface area contributed by atoms with E-state index in [1.54, 1.807) is 6.07 Å². The minimum Gasteiger partial charge on any atom is -0.504 e. The first-order valence-corrected chi connectivity index (χ1v) is 9.42. The monoisotopic (exact) mass is 396 g/mol. The number of rotatable bonds is 4. The van der Waals surface area contributed by atoms with Crippen molar-refractivity contribution < 1.29 is 19.4 Å². The minimum atomic E-state index is -0.103. The fraction of sp³-hybridized carbons (Fsp3) is 0.348. The number of nitrogens with one attached hydrogen (secondary N) is 1. The van der Waals surface area contributed by atoms with Gasteiger partial charge in [-0.3, -0.25) is 4.79 Å². The third-order valence-electron chi connectivity index (χ3n) is 5.55. The number of carbonyl (C=O) groups is 1. The van der Waals surface area contributed by atoms with Gasteiger partial charge >= 0.3 is 0 Å². The largest absolute Gasteiger partial charge is 0.504 e. The number of para-hydroxylation sites is 1. The Morgan fingerprint density at radius 3 is 2.55 bits per heavy atom. The van der Waals surface area contributed by atoms with Crippen molar-refractivity contribution in [2.75, 3.05) is 27.3 Å². The number of fused-ring (bicyclic) bond motifs is 1. The number of ether oxygens (including phenoxy) is 2. The number of phenols is 1. The Hall–Kier alpha value is -3.15. The zero-order valence-corrected chi connectivity index (χ0v) is 16.1. The normalized spacial score (nSPS) is 14.5. The van der Waals surface area contributed by atoms with Crippen LogP contribution in [0.3, 0.4) is 0 Å². The van der Waals surface area contributed by atoms with Crippen LogP contribution in [0, 0.1) is 0 Å². The lowest BCUT2D eigenvalue weighted by atomic mass is 9.89. The van der Waals surface area contributed by atoms with E-state index in [-0.39, 0.29) is 24.8 Å². The Balaban J connectivity index is 0.00000240. The topological polar surface area (TPSA) is 74.8 Å². The molecule has 0 radical (unpaired) electrons. The Morgan fingerprint density at radius 1 is 1.14 bits per heavy atom. The van der Waals surface area contributed by atoms with E-state index in [9.17, 15) is 9.90 Å². The quantitative estimate of drug-likeness (QED) is 0.679. The molecule has 4 rings (SSSR count). The van der Waals surface area contributed by atoms with Crippen molar-refractivity contribution in [3.8, 4) is 17.2 Å². The molecule has 1 fully saturated rings. The first kappa shape index (κ1) is 20.6. The molecule has 3 aromatic rings. The molecule has 1 aliphatic heterocycles. The van der Waals surface area contributed by atoms with Crippen molar-refractivity contribution in [1.29, 1.82) is 0 Å². The van der Waals surface area contributed by atoms with Gasteiger partial charge in [-0.05, 0) is 42.5 Å². The van der Waals surface area contributed by atoms with Gasteiger partial charge in [0.25, 0.3) is 5.91 Å². The number of carbonyl (C=O) groups excluding carboxylic acids is 1. The molecule has 154 valence electrons. The maximum atomic E-state index is 12.9. The molecule has 0 atom stereocenters. The van der Waals surface area contributed by atoms with Crippen LogP contribution in [0.5, 0.6) is 17.2 Å². The van der Waals surface area contributed by atoms with Crippen LogP contribution in [-0.2, 0) is 0 Å². The summed E-state index contributed by atoms with van der Waals surface area (Å²) in [5.41, 5.74) is 2.88. The molecule has 0 saturated carbocycles. The second-order valence-electron chi connectivity index (χ2n) is 7.09. The zero-order chi connectivity index (χ0) is 19.7. The van der Waals surface area contributed by atoms with Crippen LogP contribution in [0.2, 0.25) is 0 Å². The molecule has 1 saturated heterocycles. The third-order valence-corrected chi connectivity index (χ3v) is 5.55. The van der Waals surface area contributed by atoms with E-state index in [0.29, 0.717) is 30.3 Å². The van der Waals surface area contributed by atoms with Gasteiger partial charge in [0.15, 0.2) is 11.5 Å². The van der Waals surface area contributed by atoms with Crippen molar-refractivity contribution >= 4 is 16.8 Å². The lowest BCUT2D eigenvalue weighted by Gasteiger charge is -2.32. The van der Waals surface area contributed by atoms with Gasteiger partial charge in [-0.2, -0.15) is 0 Å². The number of likely N-dealkylation sites (tertiary alicyclic amines) is 1. The van der Waals surface area contributed by atoms with E-state index in [4.69, 9.17) is 9.47 Å². The smallest absolute Gasteiger partial charge is 0.254 e. The van der Waals surface area contributed by atoms with Gasteiger partial charge in [-0.25, -0.2) is 0 Å². The summed E-state index contributed by atoms with van der Waals surface area (Å²) in [6.07, 6.45) is 3.92. The third kappa shape index (κ3) is 3.75. The summed E-state index contributed by atoms with van der Waals surface area (Å²) >= 11 is 0. The number of hydrogen-bond acceptors (Lipinski definition) is 4. The van der Waals surface area contributed by atoms with Gasteiger partial charge in [0, 0.05) is 35.8 Å². The van der Waals surface area contributed by atoms with E-state index >= 15 is 0 Å². The van der Waals surface area contributed by atoms with Gasteiger partial charge < -0.3 is 24.5 Å². The number of phenolic OH excluding ortho intramolecular Hbond substituents is 1. The molecule has 0 bridgehead atoms. The molecule has 29 heavy (non-hydrogen) atoms. The van der Waals surface area contributed by atoms with Gasteiger partial charge in [0.1, 0.15) is 0 Å². The highest BCUT2D eigenvalue weighted by atomic mass is 16.5. The van der Waals surface area contributed by atoms with Gasteiger partial charge in [-0.1, -0.05) is 25.6 Å². The molecule has 0 aliphatic carbocycles. The average Bonchev–Trinajstić information content (AvgIpc) is 3.17. The molecule has 1 aliphatic rings. The molecule has 0 spiro atoms.